The van der Waals surface area contributed by atoms with Gasteiger partial charge in [-0.15, -0.1) is 0 Å². The van der Waals surface area contributed by atoms with E-state index in [1.165, 1.54) is 0 Å². The number of carbonyl (C=O) groups excluding carboxylic acids is 2. The number of ether oxygens (including phenoxy) is 1. The molecule has 5 heterocycles. The molecule has 2 amide bonds. The zero-order chi connectivity index (χ0) is 22.7. The van der Waals surface area contributed by atoms with Crippen LogP contribution in [0.4, 0.5) is 0 Å². The summed E-state index contributed by atoms with van der Waals surface area (Å²) in [5, 5.41) is 13.7. The van der Waals surface area contributed by atoms with Crippen LogP contribution in [0.2, 0.25) is 0 Å². The van der Waals surface area contributed by atoms with Crippen LogP contribution in [0.5, 0.6) is 0 Å². The largest absolute Gasteiger partial charge is 0.483 e. The number of hydrogen-bond donors (Lipinski definition) is 2. The number of amides is 2. The molecule has 1 aromatic rings. The van der Waals surface area contributed by atoms with E-state index in [0.717, 1.165) is 57.8 Å². The lowest BCUT2D eigenvalue weighted by molar-refractivity contribution is -0.158. The van der Waals surface area contributed by atoms with Gasteiger partial charge in [-0.25, -0.2) is 0 Å². The topological polar surface area (TPSA) is 119 Å². The fraction of sp³-hybridized carbons (Fsp3) is 0.727. The summed E-state index contributed by atoms with van der Waals surface area (Å²) < 4.78 is 5.59. The Kier molecular flexibility index (Phi) is 6.80. The van der Waals surface area contributed by atoms with E-state index >= 15 is 0 Å². The first-order chi connectivity index (χ1) is 15.5. The van der Waals surface area contributed by atoms with Crippen molar-refractivity contribution in [3.8, 4) is 0 Å². The average molecular weight is 448 g/mol. The maximum absolute atomic E-state index is 13.8. The number of fused-ring (bicyclic) bond motifs is 2. The number of H-pyrrole nitrogens is 1. The lowest BCUT2D eigenvalue weighted by atomic mass is 9.67. The van der Waals surface area contributed by atoms with Crippen LogP contribution in [-0.4, -0.2) is 107 Å². The van der Waals surface area contributed by atoms with Gasteiger partial charge in [0.15, 0.2) is 0 Å². The normalized spacial score (nSPS) is 32.0. The van der Waals surface area contributed by atoms with Crippen molar-refractivity contribution in [1.82, 2.24) is 24.9 Å². The van der Waals surface area contributed by atoms with E-state index in [4.69, 9.17) is 14.6 Å². The predicted octanol–water partition coefficient (Wildman–Crippen LogP) is 0.0707. The minimum Gasteiger partial charge on any atom is -0.483 e. The summed E-state index contributed by atoms with van der Waals surface area (Å²) in [6.45, 7) is 5.29. The zero-order valence-electron chi connectivity index (χ0n) is 18.6. The first kappa shape index (κ1) is 22.7. The number of likely N-dealkylation sites (tertiary alicyclic amines) is 3. The number of carbonyl (C=O) groups is 3. The van der Waals surface area contributed by atoms with E-state index in [1.807, 2.05) is 11.0 Å². The van der Waals surface area contributed by atoms with Crippen LogP contribution in [-0.2, 0) is 25.5 Å². The lowest BCUT2D eigenvalue weighted by Crippen LogP contribution is -2.66. The lowest BCUT2D eigenvalue weighted by Gasteiger charge is -2.54. The van der Waals surface area contributed by atoms with Crippen molar-refractivity contribution in [2.24, 2.45) is 17.3 Å². The fourth-order valence-electron chi connectivity index (χ4n) is 6.04. The van der Waals surface area contributed by atoms with E-state index in [0.29, 0.717) is 37.3 Å². The summed E-state index contributed by atoms with van der Waals surface area (Å²) in [4.78, 5) is 41.4. The maximum Gasteiger partial charge on any atom is 0.290 e. The second-order valence-electron chi connectivity index (χ2n) is 9.48. The van der Waals surface area contributed by atoms with Gasteiger partial charge in [0.2, 0.25) is 11.8 Å². The fourth-order valence-corrected chi connectivity index (χ4v) is 6.04. The summed E-state index contributed by atoms with van der Waals surface area (Å²) in [7, 11) is 2.11. The quantitative estimate of drug-likeness (QED) is 0.630. The molecule has 0 aliphatic carbocycles. The van der Waals surface area contributed by atoms with Crippen LogP contribution in [0.15, 0.2) is 12.3 Å². The second-order valence-corrected chi connectivity index (χ2v) is 9.48. The molecule has 4 fully saturated rings. The highest BCUT2D eigenvalue weighted by Gasteiger charge is 2.55. The summed E-state index contributed by atoms with van der Waals surface area (Å²) >= 11 is 0. The van der Waals surface area contributed by atoms with Gasteiger partial charge >= 0.3 is 0 Å². The molecule has 4 atom stereocenters. The van der Waals surface area contributed by atoms with Crippen LogP contribution in [0.1, 0.15) is 25.0 Å². The van der Waals surface area contributed by atoms with Crippen molar-refractivity contribution in [1.29, 1.82) is 0 Å². The van der Waals surface area contributed by atoms with E-state index in [2.05, 4.69) is 27.0 Å². The van der Waals surface area contributed by atoms with Crippen LogP contribution in [0.25, 0.3) is 0 Å². The number of aromatic amines is 1. The second kappa shape index (κ2) is 9.58. The van der Waals surface area contributed by atoms with Crippen molar-refractivity contribution in [2.45, 2.75) is 31.7 Å². The van der Waals surface area contributed by atoms with Crippen LogP contribution in [0, 0.1) is 17.3 Å². The third-order valence-corrected chi connectivity index (χ3v) is 7.73. The monoisotopic (exact) mass is 447 g/mol. The summed E-state index contributed by atoms with van der Waals surface area (Å²) in [5.41, 5.74) is 0.489. The van der Waals surface area contributed by atoms with Crippen molar-refractivity contribution >= 4 is 18.3 Å². The molecule has 32 heavy (non-hydrogen) atoms. The van der Waals surface area contributed by atoms with E-state index in [1.54, 1.807) is 6.20 Å². The molecule has 0 bridgehead atoms. The highest BCUT2D eigenvalue weighted by molar-refractivity contribution is 5.85. The van der Waals surface area contributed by atoms with Crippen molar-refractivity contribution in [3.05, 3.63) is 18.0 Å². The molecular weight excluding hydrogens is 414 g/mol. The molecule has 176 valence electrons. The van der Waals surface area contributed by atoms with Gasteiger partial charge in [0.25, 0.3) is 6.47 Å². The van der Waals surface area contributed by atoms with E-state index in [9.17, 15) is 9.59 Å². The number of hydrogen-bond acceptors (Lipinski definition) is 6. The number of aromatic nitrogens is 2. The number of rotatable bonds is 3. The number of likely N-dealkylation sites (N-methyl/N-ethyl adjacent to an activating group) is 1. The minimum absolute atomic E-state index is 0.0971. The van der Waals surface area contributed by atoms with Gasteiger partial charge in [0.1, 0.15) is 0 Å². The molecule has 0 aromatic carbocycles. The molecule has 10 nitrogen and oxygen atoms in total. The Labute approximate surface area is 187 Å². The SMILES string of the molecule is CN1CCC[C@@]2(C(=O)N3C[C@H]4COC[C@H]4C3)CCN(C(=O)Cc3ccn[nH]3)C[C@H]12.O=CO. The Bertz CT molecular complexity index is 806. The highest BCUT2D eigenvalue weighted by atomic mass is 16.5. The van der Waals surface area contributed by atoms with Gasteiger partial charge in [-0.05, 0) is 38.9 Å². The molecule has 2 N–H and O–H groups in total. The molecule has 0 unspecified atom stereocenters. The third-order valence-electron chi connectivity index (χ3n) is 7.73. The van der Waals surface area contributed by atoms with Crippen LogP contribution in [0.3, 0.4) is 0 Å². The smallest absolute Gasteiger partial charge is 0.290 e. The molecule has 4 aliphatic rings. The van der Waals surface area contributed by atoms with Gasteiger partial charge in [0, 0.05) is 55.9 Å². The Balaban J connectivity index is 0.000000775. The molecule has 0 spiro atoms. The first-order valence-electron chi connectivity index (χ1n) is 11.4. The van der Waals surface area contributed by atoms with Crippen molar-refractivity contribution < 1.29 is 24.2 Å². The Morgan fingerprint density at radius 2 is 1.94 bits per heavy atom. The van der Waals surface area contributed by atoms with Crippen LogP contribution < -0.4 is 0 Å². The number of nitrogens with one attached hydrogen (secondary N) is 1. The third kappa shape index (κ3) is 4.25. The Morgan fingerprint density at radius 3 is 2.59 bits per heavy atom. The van der Waals surface area contributed by atoms with Gasteiger partial charge in [-0.3, -0.25) is 19.5 Å². The molecular formula is C22H33N5O5. The van der Waals surface area contributed by atoms with E-state index < -0.39 is 0 Å². The highest BCUT2D eigenvalue weighted by Crippen LogP contribution is 2.45. The number of piperidine rings is 2. The molecule has 0 radical (unpaired) electrons. The molecule has 0 saturated carbocycles. The van der Waals surface area contributed by atoms with Crippen molar-refractivity contribution in [2.75, 3.05) is 53.0 Å². The summed E-state index contributed by atoms with van der Waals surface area (Å²) in [6.07, 6.45) is 4.76. The summed E-state index contributed by atoms with van der Waals surface area (Å²) in [5.74, 6) is 1.45. The Morgan fingerprint density at radius 1 is 1.22 bits per heavy atom. The van der Waals surface area contributed by atoms with Gasteiger partial charge in [-0.2, -0.15) is 5.10 Å². The first-order valence-corrected chi connectivity index (χ1v) is 11.4. The van der Waals surface area contributed by atoms with Gasteiger partial charge < -0.3 is 24.5 Å². The molecule has 10 heteroatoms. The number of nitrogens with zero attached hydrogens (tertiary/aromatic N) is 4. The standard InChI is InChI=1S/C21H31N5O3.CH2O2/c1-24-7-2-4-21(20(28)26-10-15-13-29-14-16(15)11-26)5-8-25(12-18(21)24)19(27)9-17-3-6-22-23-17;2-1-3/h3,6,15-16,18H,2,4-5,7-14H2,1H3,(H,22,23);1H,(H,2,3)/t15-,16+,18-,21+;/m0./s1. The minimum atomic E-state index is -0.350. The maximum atomic E-state index is 13.8. The van der Waals surface area contributed by atoms with E-state index in [-0.39, 0.29) is 23.8 Å². The number of carboxylic acid groups (broad SMARTS) is 1. The van der Waals surface area contributed by atoms with Gasteiger partial charge in [-0.1, -0.05) is 0 Å². The van der Waals surface area contributed by atoms with Crippen molar-refractivity contribution in [3.63, 3.8) is 0 Å². The predicted molar refractivity (Wildman–Crippen MR) is 115 cm³/mol. The molecule has 1 aromatic heterocycles. The van der Waals surface area contributed by atoms with Crippen LogP contribution >= 0.6 is 0 Å². The average Bonchev–Trinajstić information content (AvgIpc) is 3.52. The molecule has 4 aliphatic heterocycles. The Hall–Kier alpha value is -2.46. The summed E-state index contributed by atoms with van der Waals surface area (Å²) in [6, 6.07) is 1.94. The zero-order valence-corrected chi connectivity index (χ0v) is 18.6. The van der Waals surface area contributed by atoms with Gasteiger partial charge in [0.05, 0.1) is 25.0 Å². The molecule has 4 saturated heterocycles. The molecule has 5 rings (SSSR count).